The Morgan fingerprint density at radius 2 is 0.935 bits per heavy atom. The number of aromatic hydroxyl groups is 1. The molecule has 2 fully saturated rings. The van der Waals surface area contributed by atoms with Crippen LogP contribution in [0.5, 0.6) is 46.0 Å². The SMILES string of the molecule is CC(C)(C)OC(=O)N1CCNCC1.COc1cc(CO)ccc1[N+](=O)[O-].COc1cc(CS(C)(=O)=O)ccc1N.COc1cc(F)c(C)cc1[N+](=O)[O-].COc1cc(N2CCN(C)CC2)c(OC)cc1N.COc1ccc(CO)cc1[N+](=O)[O-].COc1ccc(CS(C)(=O)=O)cc1N.Cc1ccc(O)cc1F. The number of nitrogens with zero attached hydrogens (tertiary/aromatic N) is 6. The molecule has 2 saturated heterocycles. The number of ether oxygens (including phenoxy) is 8. The van der Waals surface area contributed by atoms with Gasteiger partial charge in [0.05, 0.1) is 112 Å². The second kappa shape index (κ2) is 44.9. The van der Waals surface area contributed by atoms with E-state index in [1.165, 1.54) is 97.4 Å². The molecule has 0 aliphatic carbocycles. The molecule has 9 rings (SSSR count). The van der Waals surface area contributed by atoms with Crippen LogP contribution in [0.4, 0.5) is 53.4 Å². The van der Waals surface area contributed by atoms with Crippen LogP contribution in [0.1, 0.15) is 54.2 Å². The number of carbonyl (C=O) groups excluding carboxylic acids is 1. The maximum Gasteiger partial charge on any atom is 0.410 e. The van der Waals surface area contributed by atoms with E-state index in [2.05, 4.69) is 26.9 Å². The highest BCUT2D eigenvalue weighted by atomic mass is 32.2. The van der Waals surface area contributed by atoms with Crippen molar-refractivity contribution in [3.05, 3.63) is 191 Å². The average molecular weight is 1550 g/mol. The van der Waals surface area contributed by atoms with E-state index >= 15 is 0 Å². The fourth-order valence-corrected chi connectivity index (χ4v) is 10.8. The zero-order valence-electron chi connectivity index (χ0n) is 62.5. The lowest BCUT2D eigenvalue weighted by molar-refractivity contribution is -0.386. The Labute approximate surface area is 621 Å². The lowest BCUT2D eigenvalue weighted by Crippen LogP contribution is -2.48. The van der Waals surface area contributed by atoms with E-state index in [1.807, 2.05) is 32.9 Å². The number of aliphatic hydroxyl groups is 2. The van der Waals surface area contributed by atoms with Crippen molar-refractivity contribution < 1.29 is 98.4 Å². The van der Waals surface area contributed by atoms with Gasteiger partial charge in [-0.3, -0.25) is 30.3 Å². The molecule has 7 aromatic carbocycles. The maximum absolute atomic E-state index is 12.9. The number of aryl methyl sites for hydroxylation is 2. The van der Waals surface area contributed by atoms with Gasteiger partial charge in [-0.25, -0.2) is 30.4 Å². The number of likely N-dealkylation sites (N-methyl/N-ethyl adjacent to an activating group) is 1. The van der Waals surface area contributed by atoms with E-state index in [0.717, 1.165) is 82.0 Å². The van der Waals surface area contributed by atoms with Gasteiger partial charge in [-0.15, -0.1) is 0 Å². The number of carbonyl (C=O) groups is 1. The predicted molar refractivity (Wildman–Crippen MR) is 405 cm³/mol. The van der Waals surface area contributed by atoms with Crippen LogP contribution in [0.2, 0.25) is 0 Å². The molecule has 32 nitrogen and oxygen atoms in total. The number of benzene rings is 7. The number of anilines is 4. The zero-order chi connectivity index (χ0) is 81.1. The van der Waals surface area contributed by atoms with Gasteiger partial charge in [-0.1, -0.05) is 24.3 Å². The number of nitro groups is 3. The molecule has 590 valence electrons. The molecule has 2 heterocycles. The summed E-state index contributed by atoms with van der Waals surface area (Å²) in [6.45, 7) is 15.7. The minimum absolute atomic E-state index is 0.00118. The van der Waals surface area contributed by atoms with Gasteiger partial charge in [0.25, 0.3) is 0 Å². The molecule has 36 heteroatoms. The Balaban J connectivity index is 0.000000417. The Kier molecular flexibility index (Phi) is 38.7. The lowest BCUT2D eigenvalue weighted by atomic mass is 10.2. The Morgan fingerprint density at radius 1 is 0.505 bits per heavy atom. The minimum Gasteiger partial charge on any atom is -0.508 e. The number of nitro benzene ring substituents is 3. The van der Waals surface area contributed by atoms with Crippen LogP contribution in [-0.2, 0) is 49.1 Å². The molecular weight excluding hydrogens is 1450 g/mol. The molecule has 107 heavy (non-hydrogen) atoms. The summed E-state index contributed by atoms with van der Waals surface area (Å²) in [5.41, 5.74) is 22.1. The van der Waals surface area contributed by atoms with Gasteiger partial charge in [-0.05, 0) is 124 Å². The Hall–Kier alpha value is -10.8. The first kappa shape index (κ1) is 92.3. The number of phenols is 1. The van der Waals surface area contributed by atoms with Crippen molar-refractivity contribution in [3.8, 4) is 46.0 Å². The van der Waals surface area contributed by atoms with Crippen molar-refractivity contribution in [2.45, 2.75) is 64.9 Å². The van der Waals surface area contributed by atoms with Gasteiger partial charge in [0.2, 0.25) is 0 Å². The van der Waals surface area contributed by atoms with Crippen molar-refractivity contribution >= 4 is 65.6 Å². The Morgan fingerprint density at radius 3 is 1.40 bits per heavy atom. The summed E-state index contributed by atoms with van der Waals surface area (Å²) < 4.78 is 109. The van der Waals surface area contributed by atoms with E-state index in [4.69, 9.17) is 65.7 Å². The number of halogens is 2. The van der Waals surface area contributed by atoms with Crippen LogP contribution >= 0.6 is 0 Å². The fourth-order valence-electron chi connectivity index (χ4n) is 9.18. The number of methoxy groups -OCH3 is 7. The van der Waals surface area contributed by atoms with Crippen molar-refractivity contribution in [2.24, 2.45) is 0 Å². The molecule has 1 amide bonds. The number of sulfone groups is 2. The number of rotatable bonds is 17. The molecule has 2 aliphatic heterocycles. The summed E-state index contributed by atoms with van der Waals surface area (Å²) in [4.78, 5) is 47.6. The minimum atomic E-state index is -3.01. The van der Waals surface area contributed by atoms with Gasteiger partial charge in [-0.2, -0.15) is 0 Å². The highest BCUT2D eigenvalue weighted by molar-refractivity contribution is 7.90. The first-order chi connectivity index (χ1) is 50.1. The molecule has 0 spiro atoms. The third kappa shape index (κ3) is 33.5. The summed E-state index contributed by atoms with van der Waals surface area (Å²) in [6, 6.07) is 28.5. The highest BCUT2D eigenvalue weighted by Crippen LogP contribution is 2.38. The van der Waals surface area contributed by atoms with Gasteiger partial charge in [0, 0.05) is 107 Å². The van der Waals surface area contributed by atoms with Crippen molar-refractivity contribution in [2.75, 3.05) is 144 Å². The van der Waals surface area contributed by atoms with Crippen LogP contribution in [0, 0.1) is 55.8 Å². The van der Waals surface area contributed by atoms with Crippen LogP contribution in [-0.4, -0.2) is 190 Å². The molecule has 0 bridgehead atoms. The summed E-state index contributed by atoms with van der Waals surface area (Å²) in [5, 5.41) is 60.8. The number of nitrogens with two attached hydrogens (primary N) is 3. The average Bonchev–Trinajstić information content (AvgIpc) is 0.810. The Bertz CT molecular complexity index is 4280. The number of amides is 1. The first-order valence-corrected chi connectivity index (χ1v) is 36.4. The first-order valence-electron chi connectivity index (χ1n) is 32.2. The van der Waals surface area contributed by atoms with Crippen LogP contribution < -0.4 is 60.6 Å². The molecule has 0 radical (unpaired) electrons. The van der Waals surface area contributed by atoms with Gasteiger partial charge in [0.15, 0.2) is 36.9 Å². The van der Waals surface area contributed by atoms with Crippen LogP contribution in [0.25, 0.3) is 0 Å². The predicted octanol–water partition coefficient (Wildman–Crippen LogP) is 9.59. The maximum atomic E-state index is 12.9. The molecule has 0 unspecified atom stereocenters. The van der Waals surface area contributed by atoms with Crippen molar-refractivity contribution in [1.29, 1.82) is 0 Å². The van der Waals surface area contributed by atoms with E-state index in [1.54, 1.807) is 68.5 Å². The molecule has 10 N–H and O–H groups in total. The number of phenolic OH excluding ortho intramolecular Hbond substituents is 1. The number of hydrogen-bond acceptors (Lipinski definition) is 28. The van der Waals surface area contributed by atoms with Gasteiger partial charge in [0.1, 0.15) is 46.0 Å². The van der Waals surface area contributed by atoms with Gasteiger partial charge >= 0.3 is 23.2 Å². The number of nitrogens with one attached hydrogen (secondary N) is 1. The van der Waals surface area contributed by atoms with Crippen molar-refractivity contribution in [1.82, 2.24) is 15.1 Å². The standard InChI is InChI=1S/C13H21N3O2.C9H18N2O2.2C9H13NO3S.C8H8FNO3.2C8H9NO4.C7H7FO/c1-15-4-6-16(7-5-15)11-9-12(17-2)10(14)8-13(11)18-3;1-9(2,3)13-8(12)11-6-4-10-5-7-11;1-13-9-4-3-7(5-8(9)10)6-14(2,11)12;1-13-9-5-7(3-4-8(9)10)6-14(2,11)12;1-5-3-7(10(11)12)8(13-2)4-6(5)9;1-13-8-3-2-6(5-10)4-7(8)9(11)12;1-13-8-4-6(5-10)2-3-7(8)9(11)12;1-5-2-3-6(9)4-7(5)8/h8-9H,4-7,14H2,1-3H3;10H,4-7H2,1-3H3;2*3-5H,6,10H2,1-2H3;3-4H,1-2H3;2*2-4,10H,5H2,1H3;2-4,9H,1H3. The molecule has 0 saturated carbocycles. The smallest absolute Gasteiger partial charge is 0.410 e. The summed E-state index contributed by atoms with van der Waals surface area (Å²) in [5.74, 6) is 1.96. The van der Waals surface area contributed by atoms with E-state index in [0.29, 0.717) is 62.1 Å². The monoisotopic (exact) mass is 1540 g/mol. The molecule has 2 aliphatic rings. The number of hydrogen-bond donors (Lipinski definition) is 7. The highest BCUT2D eigenvalue weighted by Gasteiger charge is 2.24. The molecule has 0 atom stereocenters. The quantitative estimate of drug-likeness (QED) is 0.0253. The number of piperazine rings is 2. The van der Waals surface area contributed by atoms with E-state index in [-0.39, 0.29) is 87.9 Å². The lowest BCUT2D eigenvalue weighted by Gasteiger charge is -2.35. The number of aliphatic hydroxyl groups excluding tert-OH is 2. The summed E-state index contributed by atoms with van der Waals surface area (Å²) in [6.07, 6.45) is 2.18. The van der Waals surface area contributed by atoms with Crippen LogP contribution in [0.15, 0.2) is 115 Å². The second-order valence-electron chi connectivity index (χ2n) is 24.4. The van der Waals surface area contributed by atoms with E-state index < -0.39 is 40.3 Å². The largest absolute Gasteiger partial charge is 0.508 e. The topological polar surface area (TPSA) is 449 Å². The fraction of sp³-hybridized carbons (Fsp3) is 0.394. The molecular formula is C71H98F2N10O22S2. The zero-order valence-corrected chi connectivity index (χ0v) is 64.2. The van der Waals surface area contributed by atoms with E-state index in [9.17, 15) is 60.8 Å². The third-order valence-corrected chi connectivity index (χ3v) is 16.4. The molecule has 0 aromatic heterocycles. The molecule has 7 aromatic rings. The van der Waals surface area contributed by atoms with Crippen LogP contribution in [0.3, 0.4) is 0 Å². The third-order valence-electron chi connectivity index (χ3n) is 14.7. The van der Waals surface area contributed by atoms with Crippen molar-refractivity contribution in [3.63, 3.8) is 0 Å². The van der Waals surface area contributed by atoms with Gasteiger partial charge < -0.3 is 90.4 Å². The number of nitrogen functional groups attached to an aromatic ring is 3. The summed E-state index contributed by atoms with van der Waals surface area (Å²) in [7, 11) is 6.40. The summed E-state index contributed by atoms with van der Waals surface area (Å²) >= 11 is 0. The second-order valence-corrected chi connectivity index (χ2v) is 28.7. The normalized spacial score (nSPS) is 12.4.